The van der Waals surface area contributed by atoms with Crippen molar-refractivity contribution >= 4 is 27.7 Å². The van der Waals surface area contributed by atoms with Gasteiger partial charge in [-0.25, -0.2) is 0 Å². The van der Waals surface area contributed by atoms with Crippen molar-refractivity contribution in [1.29, 1.82) is 0 Å². The van der Waals surface area contributed by atoms with E-state index in [1.165, 1.54) is 11.6 Å². The monoisotopic (exact) mass is 364 g/mol. The lowest BCUT2D eigenvalue weighted by Gasteiger charge is -2.40. The molecule has 0 unspecified atom stereocenters. The molecule has 0 spiro atoms. The van der Waals surface area contributed by atoms with Crippen molar-refractivity contribution in [3.63, 3.8) is 0 Å². The average Bonchev–Trinajstić information content (AvgIpc) is 2.53. The number of benzene rings is 1. The van der Waals surface area contributed by atoms with Gasteiger partial charge in [-0.15, -0.1) is 0 Å². The first kappa shape index (κ1) is 16.7. The van der Waals surface area contributed by atoms with Crippen LogP contribution >= 0.6 is 15.9 Å². The summed E-state index contributed by atoms with van der Waals surface area (Å²) in [6.07, 6.45) is 3.02. The second kappa shape index (κ2) is 7.09. The number of halogens is 1. The number of rotatable bonds is 4. The first-order chi connectivity index (χ1) is 10.4. The largest absolute Gasteiger partial charge is 0.343 e. The summed E-state index contributed by atoms with van der Waals surface area (Å²) in [5.41, 5.74) is 1.39. The summed E-state index contributed by atoms with van der Waals surface area (Å²) in [4.78, 5) is 25.0. The van der Waals surface area contributed by atoms with E-state index in [1.807, 2.05) is 17.0 Å². The van der Waals surface area contributed by atoms with Crippen LogP contribution in [0, 0.1) is 0 Å². The molecule has 1 N–H and O–H groups in total. The molecule has 0 radical (unpaired) electrons. The number of piperidine rings is 1. The second-order valence-electron chi connectivity index (χ2n) is 5.87. The minimum atomic E-state index is -0.315. The smallest absolute Gasteiger partial charge is 0.243 e. The Labute approximate surface area is 139 Å². The second-order valence-corrected chi connectivity index (χ2v) is 6.79. The highest BCUT2D eigenvalue weighted by Crippen LogP contribution is 2.35. The third-order valence-electron chi connectivity index (χ3n) is 4.34. The fourth-order valence-electron chi connectivity index (χ4n) is 2.75. The Morgan fingerprint density at radius 1 is 1.41 bits per heavy atom. The standard InChI is InChI=1S/C17H21BrN2O2/c1-3-15(21)19-12-16(22)20-9-7-17(2,8-10-20)13-5-4-6-14(18)11-13/h3-6,11H,1,7-10,12H2,2H3,(H,19,21). The summed E-state index contributed by atoms with van der Waals surface area (Å²) in [7, 11) is 0. The number of nitrogens with one attached hydrogen (secondary N) is 1. The molecule has 0 saturated carbocycles. The van der Waals surface area contributed by atoms with Crippen LogP contribution < -0.4 is 5.32 Å². The molecule has 4 nitrogen and oxygen atoms in total. The molecule has 1 aliphatic rings. The Kier molecular flexibility index (Phi) is 5.40. The van der Waals surface area contributed by atoms with Crippen LogP contribution in [-0.4, -0.2) is 36.3 Å². The Bertz CT molecular complexity index is 578. The van der Waals surface area contributed by atoms with Crippen LogP contribution in [0.25, 0.3) is 0 Å². The molecular formula is C17H21BrN2O2. The van der Waals surface area contributed by atoms with E-state index in [9.17, 15) is 9.59 Å². The van der Waals surface area contributed by atoms with Gasteiger partial charge in [0, 0.05) is 17.6 Å². The van der Waals surface area contributed by atoms with Gasteiger partial charge in [0.1, 0.15) is 0 Å². The van der Waals surface area contributed by atoms with Gasteiger partial charge >= 0.3 is 0 Å². The molecule has 0 aromatic heterocycles. The average molecular weight is 365 g/mol. The van der Waals surface area contributed by atoms with Gasteiger partial charge in [-0.3, -0.25) is 9.59 Å². The number of carbonyl (C=O) groups excluding carboxylic acids is 2. The molecule has 0 aliphatic carbocycles. The maximum atomic E-state index is 12.1. The van der Waals surface area contributed by atoms with Crippen LogP contribution in [0.1, 0.15) is 25.3 Å². The third-order valence-corrected chi connectivity index (χ3v) is 4.83. The van der Waals surface area contributed by atoms with Gasteiger partial charge in [-0.1, -0.05) is 41.6 Å². The zero-order valence-corrected chi connectivity index (χ0v) is 14.4. The highest BCUT2D eigenvalue weighted by atomic mass is 79.9. The fourth-order valence-corrected chi connectivity index (χ4v) is 3.15. The van der Waals surface area contributed by atoms with Crippen LogP contribution in [-0.2, 0) is 15.0 Å². The van der Waals surface area contributed by atoms with Crippen LogP contribution in [0.15, 0.2) is 41.4 Å². The summed E-state index contributed by atoms with van der Waals surface area (Å²) in [6, 6.07) is 8.37. The molecule has 1 aromatic rings. The van der Waals surface area contributed by atoms with E-state index in [0.717, 1.165) is 17.3 Å². The number of nitrogens with zero attached hydrogens (tertiary/aromatic N) is 1. The minimum Gasteiger partial charge on any atom is -0.343 e. The quantitative estimate of drug-likeness (QED) is 0.834. The maximum Gasteiger partial charge on any atom is 0.243 e. The first-order valence-electron chi connectivity index (χ1n) is 7.39. The van der Waals surface area contributed by atoms with Crippen LogP contribution in [0.3, 0.4) is 0 Å². The zero-order chi connectivity index (χ0) is 16.2. The third kappa shape index (κ3) is 3.97. The van der Waals surface area contributed by atoms with Crippen molar-refractivity contribution in [2.75, 3.05) is 19.6 Å². The predicted molar refractivity (Wildman–Crippen MR) is 90.5 cm³/mol. The molecule has 2 amide bonds. The molecule has 22 heavy (non-hydrogen) atoms. The summed E-state index contributed by atoms with van der Waals surface area (Å²) < 4.78 is 1.08. The van der Waals surface area contributed by atoms with Gasteiger partial charge in [-0.05, 0) is 42.0 Å². The van der Waals surface area contributed by atoms with Crippen molar-refractivity contribution in [2.24, 2.45) is 0 Å². The Morgan fingerprint density at radius 3 is 2.68 bits per heavy atom. The lowest BCUT2D eigenvalue weighted by atomic mass is 9.74. The van der Waals surface area contributed by atoms with E-state index < -0.39 is 0 Å². The van der Waals surface area contributed by atoms with E-state index in [-0.39, 0.29) is 23.8 Å². The lowest BCUT2D eigenvalue weighted by molar-refractivity contribution is -0.133. The molecule has 1 saturated heterocycles. The molecule has 118 valence electrons. The van der Waals surface area contributed by atoms with E-state index in [4.69, 9.17) is 0 Å². The summed E-state index contributed by atoms with van der Waals surface area (Å²) in [5.74, 6) is -0.351. The molecule has 1 aromatic carbocycles. The van der Waals surface area contributed by atoms with Crippen molar-refractivity contribution < 1.29 is 9.59 Å². The summed E-state index contributed by atoms with van der Waals surface area (Å²) >= 11 is 3.52. The first-order valence-corrected chi connectivity index (χ1v) is 8.18. The van der Waals surface area contributed by atoms with Crippen LogP contribution in [0.5, 0.6) is 0 Å². The van der Waals surface area contributed by atoms with E-state index in [1.54, 1.807) is 0 Å². The molecule has 2 rings (SSSR count). The van der Waals surface area contributed by atoms with Crippen molar-refractivity contribution in [1.82, 2.24) is 10.2 Å². The van der Waals surface area contributed by atoms with Crippen LogP contribution in [0.2, 0.25) is 0 Å². The topological polar surface area (TPSA) is 49.4 Å². The Morgan fingerprint density at radius 2 is 2.09 bits per heavy atom. The number of hydrogen-bond donors (Lipinski definition) is 1. The Hall–Kier alpha value is -1.62. The SMILES string of the molecule is C=CC(=O)NCC(=O)N1CCC(C)(c2cccc(Br)c2)CC1. The molecule has 1 heterocycles. The van der Waals surface area contributed by atoms with Crippen molar-refractivity contribution in [3.05, 3.63) is 47.0 Å². The van der Waals surface area contributed by atoms with E-state index in [0.29, 0.717) is 13.1 Å². The van der Waals surface area contributed by atoms with E-state index >= 15 is 0 Å². The molecule has 0 bridgehead atoms. The molecule has 1 aliphatic heterocycles. The fraction of sp³-hybridized carbons (Fsp3) is 0.412. The normalized spacial score (nSPS) is 16.9. The summed E-state index contributed by atoms with van der Waals surface area (Å²) in [5, 5.41) is 2.53. The van der Waals surface area contributed by atoms with Gasteiger partial charge < -0.3 is 10.2 Å². The molecule has 5 heteroatoms. The minimum absolute atomic E-state index is 0.0357. The molecular weight excluding hydrogens is 344 g/mol. The number of amides is 2. The van der Waals surface area contributed by atoms with Crippen molar-refractivity contribution in [2.45, 2.75) is 25.2 Å². The van der Waals surface area contributed by atoms with Gasteiger partial charge in [0.2, 0.25) is 11.8 Å². The zero-order valence-electron chi connectivity index (χ0n) is 12.8. The highest BCUT2D eigenvalue weighted by Gasteiger charge is 2.33. The summed E-state index contributed by atoms with van der Waals surface area (Å²) in [6.45, 7) is 7.08. The van der Waals surface area contributed by atoms with Crippen molar-refractivity contribution in [3.8, 4) is 0 Å². The highest BCUT2D eigenvalue weighted by molar-refractivity contribution is 9.10. The van der Waals surface area contributed by atoms with Crippen LogP contribution in [0.4, 0.5) is 0 Å². The number of carbonyl (C=O) groups is 2. The number of hydrogen-bond acceptors (Lipinski definition) is 2. The molecule has 1 fully saturated rings. The maximum absolute atomic E-state index is 12.1. The van der Waals surface area contributed by atoms with Gasteiger partial charge in [0.25, 0.3) is 0 Å². The van der Waals surface area contributed by atoms with E-state index in [2.05, 4.69) is 46.9 Å². The lowest BCUT2D eigenvalue weighted by Crippen LogP contribution is -2.47. The van der Waals surface area contributed by atoms with Gasteiger partial charge in [0.15, 0.2) is 0 Å². The van der Waals surface area contributed by atoms with Gasteiger partial charge in [-0.2, -0.15) is 0 Å². The number of likely N-dealkylation sites (tertiary alicyclic amines) is 1. The van der Waals surface area contributed by atoms with Gasteiger partial charge in [0.05, 0.1) is 6.54 Å². The Balaban J connectivity index is 1.93. The predicted octanol–water partition coefficient (Wildman–Crippen LogP) is 2.63. The molecule has 0 atom stereocenters.